The number of amides is 1. The maximum Gasteiger partial charge on any atom is 0.255 e. The Kier molecular flexibility index (Phi) is 7.78. The molecule has 1 amide bonds. The molecule has 4 rings (SSSR count). The van der Waals surface area contributed by atoms with Gasteiger partial charge in [0.1, 0.15) is 18.9 Å². The smallest absolute Gasteiger partial charge is 0.255 e. The van der Waals surface area contributed by atoms with Crippen molar-refractivity contribution in [3.8, 4) is 5.75 Å². The standard InChI is InChI=1S/C25H30N2O3.HI/c1-18-5-4-6-20-15-21(17-30-24(18)20)25(28)26-22-9-7-19(8-10-22)16-27(2,3)23-11-13-29-14-12-23;/h4-10,15,23H,11-14,16-17H2,1-3H3;1H. The largest absolute Gasteiger partial charge is 1.00 e. The summed E-state index contributed by atoms with van der Waals surface area (Å²) in [7, 11) is 4.58. The van der Waals surface area contributed by atoms with Gasteiger partial charge in [0.25, 0.3) is 5.91 Å². The van der Waals surface area contributed by atoms with Gasteiger partial charge in [0, 0.05) is 29.7 Å². The molecule has 31 heavy (non-hydrogen) atoms. The van der Waals surface area contributed by atoms with Crippen molar-refractivity contribution in [3.05, 3.63) is 64.7 Å². The number of nitrogens with zero attached hydrogens (tertiary/aromatic N) is 1. The average Bonchev–Trinajstić information content (AvgIpc) is 2.75. The highest BCUT2D eigenvalue weighted by atomic mass is 127. The zero-order valence-electron chi connectivity index (χ0n) is 18.5. The molecule has 0 saturated carbocycles. The molecule has 1 fully saturated rings. The van der Waals surface area contributed by atoms with E-state index in [1.165, 1.54) is 5.56 Å². The van der Waals surface area contributed by atoms with Crippen molar-refractivity contribution in [1.82, 2.24) is 0 Å². The van der Waals surface area contributed by atoms with E-state index in [9.17, 15) is 4.79 Å². The fourth-order valence-electron chi connectivity index (χ4n) is 4.39. The average molecular weight is 534 g/mol. The lowest BCUT2D eigenvalue weighted by Gasteiger charge is -2.40. The van der Waals surface area contributed by atoms with Crippen molar-refractivity contribution < 1.29 is 42.7 Å². The zero-order chi connectivity index (χ0) is 21.1. The first-order chi connectivity index (χ1) is 14.4. The number of anilines is 1. The molecular formula is C25H31IN2O3. The number of fused-ring (bicyclic) bond motifs is 1. The van der Waals surface area contributed by atoms with E-state index >= 15 is 0 Å². The molecule has 1 N–H and O–H groups in total. The molecule has 0 bridgehead atoms. The Labute approximate surface area is 202 Å². The van der Waals surface area contributed by atoms with E-state index in [2.05, 4.69) is 31.5 Å². The van der Waals surface area contributed by atoms with Gasteiger partial charge in [0.2, 0.25) is 0 Å². The Morgan fingerprint density at radius 2 is 1.81 bits per heavy atom. The minimum absolute atomic E-state index is 0. The van der Waals surface area contributed by atoms with Crippen LogP contribution in [-0.4, -0.2) is 50.3 Å². The van der Waals surface area contributed by atoms with E-state index in [4.69, 9.17) is 9.47 Å². The molecule has 0 aromatic heterocycles. The van der Waals surface area contributed by atoms with E-state index in [-0.39, 0.29) is 29.9 Å². The van der Waals surface area contributed by atoms with E-state index in [1.54, 1.807) is 0 Å². The fourth-order valence-corrected chi connectivity index (χ4v) is 4.39. The molecule has 0 spiro atoms. The van der Waals surface area contributed by atoms with Crippen LogP contribution >= 0.6 is 0 Å². The van der Waals surface area contributed by atoms with Crippen molar-refractivity contribution in [2.75, 3.05) is 39.2 Å². The van der Waals surface area contributed by atoms with Gasteiger partial charge in [-0.15, -0.1) is 0 Å². The molecule has 166 valence electrons. The second-order valence-electron chi connectivity index (χ2n) is 8.88. The molecule has 2 aliphatic rings. The first-order valence-electron chi connectivity index (χ1n) is 10.7. The van der Waals surface area contributed by atoms with Crippen LogP contribution in [0.5, 0.6) is 5.75 Å². The second kappa shape index (κ2) is 10.1. The molecular weight excluding hydrogens is 503 g/mol. The number of ether oxygens (including phenoxy) is 2. The van der Waals surface area contributed by atoms with E-state index in [0.717, 1.165) is 59.6 Å². The van der Waals surface area contributed by atoms with E-state index in [0.29, 0.717) is 18.2 Å². The number of aryl methyl sites for hydroxylation is 1. The summed E-state index contributed by atoms with van der Waals surface area (Å²) in [6, 6.07) is 14.8. The highest BCUT2D eigenvalue weighted by Crippen LogP contribution is 2.30. The Morgan fingerprint density at radius 3 is 2.52 bits per heavy atom. The van der Waals surface area contributed by atoms with E-state index in [1.807, 2.05) is 43.3 Å². The second-order valence-corrected chi connectivity index (χ2v) is 8.88. The van der Waals surface area contributed by atoms with Crippen molar-refractivity contribution >= 4 is 17.7 Å². The maximum absolute atomic E-state index is 12.7. The summed E-state index contributed by atoms with van der Waals surface area (Å²) >= 11 is 0. The predicted octanol–water partition coefficient (Wildman–Crippen LogP) is 1.17. The fraction of sp³-hybridized carbons (Fsp3) is 0.400. The molecule has 0 aliphatic carbocycles. The summed E-state index contributed by atoms with van der Waals surface area (Å²) < 4.78 is 12.3. The van der Waals surface area contributed by atoms with Gasteiger partial charge in [-0.3, -0.25) is 4.79 Å². The minimum atomic E-state index is -0.117. The molecule has 2 aliphatic heterocycles. The van der Waals surface area contributed by atoms with Crippen LogP contribution in [0.2, 0.25) is 0 Å². The predicted molar refractivity (Wildman–Crippen MR) is 119 cm³/mol. The van der Waals surface area contributed by atoms with E-state index < -0.39 is 0 Å². The van der Waals surface area contributed by atoms with Gasteiger partial charge in [0.15, 0.2) is 0 Å². The molecule has 5 nitrogen and oxygen atoms in total. The number of nitrogens with one attached hydrogen (secondary N) is 1. The molecule has 2 heterocycles. The topological polar surface area (TPSA) is 47.6 Å². The van der Waals surface area contributed by atoms with Gasteiger partial charge >= 0.3 is 0 Å². The molecule has 6 heteroatoms. The van der Waals surface area contributed by atoms with Crippen molar-refractivity contribution in [3.63, 3.8) is 0 Å². The Bertz CT molecular complexity index is 948. The molecule has 0 unspecified atom stereocenters. The van der Waals surface area contributed by atoms with Crippen LogP contribution in [0, 0.1) is 6.92 Å². The van der Waals surface area contributed by atoms with Crippen LogP contribution in [0.4, 0.5) is 5.69 Å². The van der Waals surface area contributed by atoms with Crippen LogP contribution in [-0.2, 0) is 16.1 Å². The third-order valence-corrected chi connectivity index (χ3v) is 6.22. The Morgan fingerprint density at radius 1 is 1.10 bits per heavy atom. The monoisotopic (exact) mass is 534 g/mol. The number of carbonyl (C=O) groups excluding carboxylic acids is 1. The SMILES string of the molecule is Cc1cccc2c1OCC(C(=O)Nc1ccc(C[N+](C)(C)C3CCOCC3)cc1)=C2.[I-]. The highest BCUT2D eigenvalue weighted by molar-refractivity contribution is 6.07. The molecule has 0 radical (unpaired) electrons. The van der Waals surface area contributed by atoms with Crippen LogP contribution < -0.4 is 34.0 Å². The summed E-state index contributed by atoms with van der Waals surface area (Å²) in [5.41, 5.74) is 4.75. The molecule has 2 aromatic rings. The lowest BCUT2D eigenvalue weighted by Crippen LogP contribution is -3.00. The zero-order valence-corrected chi connectivity index (χ0v) is 20.6. The number of quaternary nitrogens is 1. The summed E-state index contributed by atoms with van der Waals surface area (Å²) in [4.78, 5) is 12.7. The normalized spacial score (nSPS) is 16.4. The van der Waals surface area contributed by atoms with Crippen LogP contribution in [0.25, 0.3) is 6.08 Å². The lowest BCUT2D eigenvalue weighted by molar-refractivity contribution is -0.929. The summed E-state index contributed by atoms with van der Waals surface area (Å²) in [5.74, 6) is 0.747. The number of para-hydroxylation sites is 1. The third kappa shape index (κ3) is 5.67. The van der Waals surface area contributed by atoms with Gasteiger partial charge in [-0.2, -0.15) is 0 Å². The van der Waals surface area contributed by atoms with Gasteiger partial charge in [-0.05, 0) is 30.7 Å². The molecule has 0 atom stereocenters. The first kappa shape index (κ1) is 23.8. The van der Waals surface area contributed by atoms with Crippen molar-refractivity contribution in [1.29, 1.82) is 0 Å². The van der Waals surface area contributed by atoms with Gasteiger partial charge < -0.3 is 43.3 Å². The number of halogens is 1. The quantitative estimate of drug-likeness (QED) is 0.463. The molecule has 1 saturated heterocycles. The molecule has 2 aromatic carbocycles. The first-order valence-corrected chi connectivity index (χ1v) is 10.7. The highest BCUT2D eigenvalue weighted by Gasteiger charge is 2.30. The lowest BCUT2D eigenvalue weighted by atomic mass is 10.0. The Hall–Kier alpha value is -1.90. The van der Waals surface area contributed by atoms with Gasteiger partial charge in [0.05, 0.1) is 38.9 Å². The number of hydrogen-bond donors (Lipinski definition) is 1. The van der Waals surface area contributed by atoms with Gasteiger partial charge in [-0.1, -0.05) is 30.3 Å². The van der Waals surface area contributed by atoms with Crippen LogP contribution in [0.15, 0.2) is 48.0 Å². The van der Waals surface area contributed by atoms with Crippen molar-refractivity contribution in [2.24, 2.45) is 0 Å². The summed E-state index contributed by atoms with van der Waals surface area (Å²) in [6.07, 6.45) is 4.14. The number of carbonyl (C=O) groups is 1. The van der Waals surface area contributed by atoms with Gasteiger partial charge in [-0.25, -0.2) is 0 Å². The Balaban J connectivity index is 0.00000272. The number of benzene rings is 2. The van der Waals surface area contributed by atoms with Crippen LogP contribution in [0.3, 0.4) is 0 Å². The van der Waals surface area contributed by atoms with Crippen molar-refractivity contribution in [2.45, 2.75) is 32.4 Å². The number of hydrogen-bond acceptors (Lipinski definition) is 3. The van der Waals surface area contributed by atoms with Crippen LogP contribution in [0.1, 0.15) is 29.5 Å². The minimum Gasteiger partial charge on any atom is -1.00 e. The third-order valence-electron chi connectivity index (χ3n) is 6.22. The number of rotatable bonds is 5. The summed E-state index contributed by atoms with van der Waals surface area (Å²) in [5, 5.41) is 3.00. The summed E-state index contributed by atoms with van der Waals surface area (Å²) in [6.45, 7) is 5.00. The maximum atomic E-state index is 12.7.